The third kappa shape index (κ3) is 1.11. The first-order valence-corrected chi connectivity index (χ1v) is 4.04. The molecule has 2 rings (SSSR count). The molecule has 0 spiro atoms. The van der Waals surface area contributed by atoms with Gasteiger partial charge in [-0.3, -0.25) is 0 Å². The number of hydrogen-bond acceptors (Lipinski definition) is 4. The Morgan fingerprint density at radius 1 is 1.58 bits per heavy atom. The summed E-state index contributed by atoms with van der Waals surface area (Å²) < 4.78 is 7.26. The smallest absolute Gasteiger partial charge is 0.159 e. The average Bonchev–Trinajstić information content (AvgIpc) is 2.47. The summed E-state index contributed by atoms with van der Waals surface area (Å²) in [6.07, 6.45) is 0. The van der Waals surface area contributed by atoms with Gasteiger partial charge in [-0.15, -0.1) is 10.2 Å². The normalized spacial score (nSPS) is 18.8. The van der Waals surface area contributed by atoms with Gasteiger partial charge in [-0.2, -0.15) is 0 Å². The van der Waals surface area contributed by atoms with Gasteiger partial charge in [-0.05, 0) is 6.92 Å². The van der Waals surface area contributed by atoms with Crippen LogP contribution in [0.15, 0.2) is 0 Å². The van der Waals surface area contributed by atoms with Gasteiger partial charge in [0.05, 0.1) is 12.6 Å². The largest absolute Gasteiger partial charge is 0.372 e. The van der Waals surface area contributed by atoms with E-state index < -0.39 is 0 Å². The summed E-state index contributed by atoms with van der Waals surface area (Å²) >= 11 is 0. The zero-order valence-corrected chi connectivity index (χ0v) is 7.03. The molecule has 0 amide bonds. The third-order valence-corrected chi connectivity index (χ3v) is 1.95. The second kappa shape index (κ2) is 2.84. The van der Waals surface area contributed by atoms with Gasteiger partial charge in [0.2, 0.25) is 0 Å². The van der Waals surface area contributed by atoms with Crippen LogP contribution in [-0.4, -0.2) is 21.4 Å². The number of aromatic nitrogens is 3. The van der Waals surface area contributed by atoms with E-state index in [1.807, 2.05) is 11.5 Å². The lowest BCUT2D eigenvalue weighted by molar-refractivity contribution is 0.0803. The Morgan fingerprint density at radius 2 is 2.42 bits per heavy atom. The van der Waals surface area contributed by atoms with Crippen LogP contribution in [0.3, 0.4) is 0 Å². The maximum Gasteiger partial charge on any atom is 0.159 e. The Kier molecular flexibility index (Phi) is 1.82. The van der Waals surface area contributed by atoms with E-state index in [9.17, 15) is 0 Å². The van der Waals surface area contributed by atoms with Crippen molar-refractivity contribution >= 4 is 0 Å². The van der Waals surface area contributed by atoms with Crippen LogP contribution >= 0.6 is 0 Å². The maximum absolute atomic E-state index is 5.72. The molecule has 2 N–H and O–H groups in total. The Hall–Kier alpha value is -0.940. The lowest BCUT2D eigenvalue weighted by atomic mass is 10.3. The lowest BCUT2D eigenvalue weighted by Crippen LogP contribution is -2.21. The summed E-state index contributed by atoms with van der Waals surface area (Å²) in [6.45, 7) is 4.01. The summed E-state index contributed by atoms with van der Waals surface area (Å²) in [4.78, 5) is 0. The van der Waals surface area contributed by atoms with E-state index >= 15 is 0 Å². The van der Waals surface area contributed by atoms with E-state index in [-0.39, 0.29) is 6.04 Å². The van der Waals surface area contributed by atoms with Crippen LogP contribution in [0.4, 0.5) is 0 Å². The molecule has 0 saturated heterocycles. The fourth-order valence-corrected chi connectivity index (χ4v) is 1.36. The predicted octanol–water partition coefficient (Wildman–Crippen LogP) is -0.172. The zero-order valence-electron chi connectivity index (χ0n) is 7.03. The van der Waals surface area contributed by atoms with Gasteiger partial charge in [-0.1, -0.05) is 0 Å². The topological polar surface area (TPSA) is 66.0 Å². The molecule has 66 valence electrons. The lowest BCUT2D eigenvalue weighted by Gasteiger charge is -2.16. The fourth-order valence-electron chi connectivity index (χ4n) is 1.36. The minimum Gasteiger partial charge on any atom is -0.372 e. The van der Waals surface area contributed by atoms with Gasteiger partial charge in [0.15, 0.2) is 5.82 Å². The predicted molar refractivity (Wildman–Crippen MR) is 42.3 cm³/mol. The average molecular weight is 168 g/mol. The van der Waals surface area contributed by atoms with E-state index in [4.69, 9.17) is 10.5 Å². The van der Waals surface area contributed by atoms with E-state index in [2.05, 4.69) is 10.2 Å². The molecule has 1 aromatic heterocycles. The van der Waals surface area contributed by atoms with Crippen molar-refractivity contribution in [3.05, 3.63) is 11.6 Å². The van der Waals surface area contributed by atoms with E-state index in [0.29, 0.717) is 6.61 Å². The third-order valence-electron chi connectivity index (χ3n) is 1.95. The van der Waals surface area contributed by atoms with Crippen LogP contribution in [0.5, 0.6) is 0 Å². The molecule has 12 heavy (non-hydrogen) atoms. The summed E-state index contributed by atoms with van der Waals surface area (Å²) in [5.41, 5.74) is 5.72. The number of ether oxygens (including phenoxy) is 1. The number of nitrogens with zero attached hydrogens (tertiary/aromatic N) is 3. The first-order chi connectivity index (χ1) is 5.79. The monoisotopic (exact) mass is 168 g/mol. The highest BCUT2D eigenvalue weighted by Crippen LogP contribution is 2.13. The molecule has 0 aliphatic carbocycles. The number of rotatable bonds is 1. The van der Waals surface area contributed by atoms with Gasteiger partial charge < -0.3 is 15.0 Å². The van der Waals surface area contributed by atoms with Crippen LogP contribution in [0, 0.1) is 0 Å². The van der Waals surface area contributed by atoms with Crippen molar-refractivity contribution in [1.29, 1.82) is 0 Å². The molecule has 0 aromatic carbocycles. The second-order valence-corrected chi connectivity index (χ2v) is 2.97. The Morgan fingerprint density at radius 3 is 3.17 bits per heavy atom. The standard InChI is InChI=1S/C7H12N4O/c1-5(8)7-10-9-6-4-12-3-2-11(6)7/h5H,2-4,8H2,1H3/t5-/m0/s1. The highest BCUT2D eigenvalue weighted by atomic mass is 16.5. The second-order valence-electron chi connectivity index (χ2n) is 2.97. The zero-order chi connectivity index (χ0) is 8.55. The molecule has 1 aliphatic rings. The molecule has 0 fully saturated rings. The molecule has 5 heteroatoms. The van der Waals surface area contributed by atoms with E-state index in [1.165, 1.54) is 0 Å². The Bertz CT molecular complexity index is 281. The van der Waals surface area contributed by atoms with Gasteiger partial charge in [0, 0.05) is 6.54 Å². The van der Waals surface area contributed by atoms with Gasteiger partial charge in [0.25, 0.3) is 0 Å². The molecular formula is C7H12N4O. The molecule has 0 saturated carbocycles. The minimum absolute atomic E-state index is 0.0515. The molecule has 1 aromatic rings. The van der Waals surface area contributed by atoms with Crippen molar-refractivity contribution in [2.24, 2.45) is 5.73 Å². The van der Waals surface area contributed by atoms with E-state index in [0.717, 1.165) is 24.8 Å². The SMILES string of the molecule is C[C@H](N)c1nnc2n1CCOC2. The first-order valence-electron chi connectivity index (χ1n) is 4.04. The van der Waals surface area contributed by atoms with Crippen LogP contribution in [0.1, 0.15) is 24.6 Å². The van der Waals surface area contributed by atoms with Gasteiger partial charge in [-0.25, -0.2) is 0 Å². The van der Waals surface area contributed by atoms with Crippen molar-refractivity contribution < 1.29 is 4.74 Å². The minimum atomic E-state index is -0.0515. The fraction of sp³-hybridized carbons (Fsp3) is 0.714. The van der Waals surface area contributed by atoms with Crippen molar-refractivity contribution in [1.82, 2.24) is 14.8 Å². The molecule has 0 unspecified atom stereocenters. The van der Waals surface area contributed by atoms with Crippen molar-refractivity contribution in [3.63, 3.8) is 0 Å². The van der Waals surface area contributed by atoms with E-state index in [1.54, 1.807) is 0 Å². The Labute approximate surface area is 70.5 Å². The summed E-state index contributed by atoms with van der Waals surface area (Å²) in [5, 5.41) is 7.99. The highest BCUT2D eigenvalue weighted by Gasteiger charge is 2.17. The summed E-state index contributed by atoms with van der Waals surface area (Å²) in [5.74, 6) is 1.74. The van der Waals surface area contributed by atoms with Crippen LogP contribution in [0.2, 0.25) is 0 Å². The van der Waals surface area contributed by atoms with Crippen LogP contribution in [0.25, 0.3) is 0 Å². The molecule has 1 aliphatic heterocycles. The molecular weight excluding hydrogens is 156 g/mol. The number of hydrogen-bond donors (Lipinski definition) is 1. The molecule has 5 nitrogen and oxygen atoms in total. The highest BCUT2D eigenvalue weighted by molar-refractivity contribution is 5.00. The molecule has 0 bridgehead atoms. The molecule has 2 heterocycles. The molecule has 0 radical (unpaired) electrons. The molecule has 1 atom stereocenters. The van der Waals surface area contributed by atoms with Crippen molar-refractivity contribution in [2.75, 3.05) is 6.61 Å². The maximum atomic E-state index is 5.72. The van der Waals surface area contributed by atoms with Crippen LogP contribution < -0.4 is 5.73 Å². The van der Waals surface area contributed by atoms with Gasteiger partial charge >= 0.3 is 0 Å². The quantitative estimate of drug-likeness (QED) is 0.632. The van der Waals surface area contributed by atoms with Gasteiger partial charge in [0.1, 0.15) is 12.4 Å². The first kappa shape index (κ1) is 7.70. The number of nitrogens with two attached hydrogens (primary N) is 1. The van der Waals surface area contributed by atoms with Crippen LogP contribution in [-0.2, 0) is 17.9 Å². The Balaban J connectivity index is 2.38. The number of fused-ring (bicyclic) bond motifs is 1. The van der Waals surface area contributed by atoms with Crippen molar-refractivity contribution in [2.45, 2.75) is 26.1 Å². The van der Waals surface area contributed by atoms with Crippen molar-refractivity contribution in [3.8, 4) is 0 Å². The summed E-state index contributed by atoms with van der Waals surface area (Å²) in [7, 11) is 0. The summed E-state index contributed by atoms with van der Waals surface area (Å²) in [6, 6.07) is -0.0515.